The Morgan fingerprint density at radius 3 is 2.96 bits per heavy atom. The molecule has 0 aromatic carbocycles. The number of carbonyl (C=O) groups is 1. The molecule has 0 spiro atoms. The van der Waals surface area contributed by atoms with Gasteiger partial charge in [0.1, 0.15) is 6.10 Å². The van der Waals surface area contributed by atoms with Gasteiger partial charge in [0.25, 0.3) is 5.91 Å². The number of nitrogens with one attached hydrogen (secondary N) is 1. The van der Waals surface area contributed by atoms with Gasteiger partial charge in [-0.05, 0) is 37.1 Å². The van der Waals surface area contributed by atoms with Crippen molar-refractivity contribution >= 4 is 17.2 Å². The van der Waals surface area contributed by atoms with Gasteiger partial charge in [-0.3, -0.25) is 4.79 Å². The van der Waals surface area contributed by atoms with Gasteiger partial charge >= 0.3 is 0 Å². The first-order chi connectivity index (χ1) is 11.8. The SMILES string of the molecule is O=C(NCC1(c2cccs2)CCCC1)c1ncoc1[C@@H]1CCCO1. The quantitative estimate of drug-likeness (QED) is 0.894. The summed E-state index contributed by atoms with van der Waals surface area (Å²) >= 11 is 1.79. The van der Waals surface area contributed by atoms with Gasteiger partial charge < -0.3 is 14.5 Å². The highest BCUT2D eigenvalue weighted by atomic mass is 32.1. The van der Waals surface area contributed by atoms with E-state index in [0.717, 1.165) is 25.7 Å². The van der Waals surface area contributed by atoms with Crippen molar-refractivity contribution in [3.05, 3.63) is 40.2 Å². The number of ether oxygens (including phenoxy) is 1. The van der Waals surface area contributed by atoms with Crippen LogP contribution in [0.4, 0.5) is 0 Å². The van der Waals surface area contributed by atoms with Crippen LogP contribution in [-0.2, 0) is 10.2 Å². The van der Waals surface area contributed by atoms with E-state index >= 15 is 0 Å². The van der Waals surface area contributed by atoms with Crippen LogP contribution in [-0.4, -0.2) is 24.0 Å². The Morgan fingerprint density at radius 1 is 1.38 bits per heavy atom. The molecule has 2 aliphatic rings. The molecular weight excluding hydrogens is 324 g/mol. The van der Waals surface area contributed by atoms with Crippen molar-refractivity contribution in [2.45, 2.75) is 50.0 Å². The average Bonchev–Trinajstić information content (AvgIpc) is 3.41. The third kappa shape index (κ3) is 2.89. The molecule has 1 atom stereocenters. The maximum Gasteiger partial charge on any atom is 0.273 e. The molecule has 1 amide bonds. The topological polar surface area (TPSA) is 64.4 Å². The number of thiophene rings is 1. The zero-order valence-corrected chi connectivity index (χ0v) is 14.4. The Balaban J connectivity index is 1.47. The van der Waals surface area contributed by atoms with E-state index in [4.69, 9.17) is 9.15 Å². The van der Waals surface area contributed by atoms with Crippen molar-refractivity contribution in [3.63, 3.8) is 0 Å². The van der Waals surface area contributed by atoms with Crippen molar-refractivity contribution in [1.82, 2.24) is 10.3 Å². The largest absolute Gasteiger partial charge is 0.445 e. The first kappa shape index (κ1) is 15.8. The molecule has 1 aliphatic heterocycles. The lowest BCUT2D eigenvalue weighted by atomic mass is 9.84. The minimum absolute atomic E-state index is 0.0809. The van der Waals surface area contributed by atoms with Gasteiger partial charge in [0.05, 0.1) is 0 Å². The first-order valence-corrected chi connectivity index (χ1v) is 9.54. The van der Waals surface area contributed by atoms with Gasteiger partial charge in [0, 0.05) is 23.4 Å². The fourth-order valence-electron chi connectivity index (χ4n) is 3.91. The lowest BCUT2D eigenvalue weighted by molar-refractivity contribution is 0.0856. The van der Waals surface area contributed by atoms with Crippen LogP contribution >= 0.6 is 11.3 Å². The van der Waals surface area contributed by atoms with Gasteiger partial charge in [-0.25, -0.2) is 4.98 Å². The Kier molecular flexibility index (Phi) is 4.41. The van der Waals surface area contributed by atoms with Crippen molar-refractivity contribution in [1.29, 1.82) is 0 Å². The number of aromatic nitrogens is 1. The van der Waals surface area contributed by atoms with Crippen molar-refractivity contribution in [2.75, 3.05) is 13.2 Å². The molecule has 0 unspecified atom stereocenters. The molecule has 24 heavy (non-hydrogen) atoms. The van der Waals surface area contributed by atoms with E-state index in [2.05, 4.69) is 27.8 Å². The van der Waals surface area contributed by atoms with Gasteiger partial charge in [0.2, 0.25) is 0 Å². The van der Waals surface area contributed by atoms with Gasteiger partial charge in [0.15, 0.2) is 17.8 Å². The highest BCUT2D eigenvalue weighted by Crippen LogP contribution is 2.42. The molecule has 2 aromatic rings. The minimum atomic E-state index is -0.155. The average molecular weight is 346 g/mol. The van der Waals surface area contributed by atoms with E-state index in [0.29, 0.717) is 24.6 Å². The maximum atomic E-state index is 12.7. The lowest BCUT2D eigenvalue weighted by Crippen LogP contribution is -2.39. The molecule has 0 bridgehead atoms. The zero-order valence-electron chi connectivity index (χ0n) is 13.6. The van der Waals surface area contributed by atoms with Crippen molar-refractivity contribution in [3.8, 4) is 0 Å². The van der Waals surface area contributed by atoms with Crippen molar-refractivity contribution in [2.24, 2.45) is 0 Å². The molecule has 1 saturated carbocycles. The highest BCUT2D eigenvalue weighted by molar-refractivity contribution is 7.10. The maximum absolute atomic E-state index is 12.7. The van der Waals surface area contributed by atoms with Crippen LogP contribution in [0.25, 0.3) is 0 Å². The van der Waals surface area contributed by atoms with Gasteiger partial charge in [-0.15, -0.1) is 11.3 Å². The van der Waals surface area contributed by atoms with Crippen LogP contribution in [0.15, 0.2) is 28.3 Å². The van der Waals surface area contributed by atoms with E-state index in [1.54, 1.807) is 11.3 Å². The molecule has 1 N–H and O–H groups in total. The van der Waals surface area contributed by atoms with Crippen LogP contribution < -0.4 is 5.32 Å². The Bertz CT molecular complexity index is 683. The minimum Gasteiger partial charge on any atom is -0.445 e. The summed E-state index contributed by atoms with van der Waals surface area (Å²) in [5, 5.41) is 5.23. The second kappa shape index (κ2) is 6.69. The van der Waals surface area contributed by atoms with Crippen molar-refractivity contribution < 1.29 is 13.9 Å². The fraction of sp³-hybridized carbons (Fsp3) is 0.556. The molecule has 2 aromatic heterocycles. The molecular formula is C18H22N2O3S. The number of hydrogen-bond donors (Lipinski definition) is 1. The molecule has 2 fully saturated rings. The highest BCUT2D eigenvalue weighted by Gasteiger charge is 2.37. The summed E-state index contributed by atoms with van der Waals surface area (Å²) in [6, 6.07) is 4.28. The van der Waals surface area contributed by atoms with E-state index in [1.807, 2.05) is 0 Å². The Hall–Kier alpha value is -1.66. The summed E-state index contributed by atoms with van der Waals surface area (Å²) in [5.41, 5.74) is 0.457. The third-order valence-corrected chi connectivity index (χ3v) is 6.34. The number of rotatable bonds is 5. The monoisotopic (exact) mass is 346 g/mol. The number of oxazole rings is 1. The van der Waals surface area contributed by atoms with Crippen LogP contribution in [0.2, 0.25) is 0 Å². The summed E-state index contributed by atoms with van der Waals surface area (Å²) in [4.78, 5) is 18.2. The van der Waals surface area contributed by atoms with E-state index in [9.17, 15) is 4.79 Å². The molecule has 0 radical (unpaired) electrons. The van der Waals surface area contributed by atoms with E-state index in [-0.39, 0.29) is 17.4 Å². The first-order valence-electron chi connectivity index (χ1n) is 8.66. The lowest BCUT2D eigenvalue weighted by Gasteiger charge is -2.28. The number of carbonyl (C=O) groups excluding carboxylic acids is 1. The molecule has 1 aliphatic carbocycles. The summed E-state index contributed by atoms with van der Waals surface area (Å²) in [6.45, 7) is 1.37. The van der Waals surface area contributed by atoms with Crippen LogP contribution in [0.1, 0.15) is 65.8 Å². The second-order valence-corrected chi connectivity index (χ2v) is 7.66. The third-order valence-electron chi connectivity index (χ3n) is 5.22. The van der Waals surface area contributed by atoms with Crippen LogP contribution in [0.5, 0.6) is 0 Å². The summed E-state index contributed by atoms with van der Waals surface area (Å²) in [6.07, 6.45) is 7.79. The molecule has 128 valence electrons. The predicted molar refractivity (Wildman–Crippen MR) is 91.2 cm³/mol. The molecule has 5 nitrogen and oxygen atoms in total. The Labute approximate surface area is 145 Å². The summed E-state index contributed by atoms with van der Waals surface area (Å²) < 4.78 is 11.1. The number of amides is 1. The molecule has 3 heterocycles. The second-order valence-electron chi connectivity index (χ2n) is 6.71. The zero-order chi connectivity index (χ0) is 16.4. The number of hydrogen-bond acceptors (Lipinski definition) is 5. The van der Waals surface area contributed by atoms with E-state index < -0.39 is 0 Å². The van der Waals surface area contributed by atoms with E-state index in [1.165, 1.54) is 24.1 Å². The van der Waals surface area contributed by atoms with Crippen LogP contribution in [0, 0.1) is 0 Å². The summed E-state index contributed by atoms with van der Waals surface area (Å²) in [7, 11) is 0. The predicted octanol–water partition coefficient (Wildman–Crippen LogP) is 3.83. The molecule has 1 saturated heterocycles. The fourth-order valence-corrected chi connectivity index (χ4v) is 4.90. The Morgan fingerprint density at radius 2 is 2.25 bits per heavy atom. The van der Waals surface area contributed by atoms with Gasteiger partial charge in [-0.2, -0.15) is 0 Å². The molecule has 6 heteroatoms. The normalized spacial score (nSPS) is 22.8. The smallest absolute Gasteiger partial charge is 0.273 e. The van der Waals surface area contributed by atoms with Crippen LogP contribution in [0.3, 0.4) is 0 Å². The van der Waals surface area contributed by atoms with Gasteiger partial charge in [-0.1, -0.05) is 18.9 Å². The number of nitrogens with zero attached hydrogens (tertiary/aromatic N) is 1. The summed E-state index contributed by atoms with van der Waals surface area (Å²) in [5.74, 6) is 0.415. The molecule has 4 rings (SSSR count). The standard InChI is InChI=1S/C18H22N2O3S/c21-17(15-16(23-12-20-15)13-5-3-9-22-13)19-11-18(7-1-2-8-18)14-6-4-10-24-14/h4,6,10,12-13H,1-3,5,7-9,11H2,(H,19,21)/t13-/m0/s1.